The molecular formula is C18H18O3. The predicted molar refractivity (Wildman–Crippen MR) is 82.9 cm³/mol. The van der Waals surface area contributed by atoms with Gasteiger partial charge in [0.15, 0.2) is 0 Å². The lowest BCUT2D eigenvalue weighted by Gasteiger charge is -2.12. The molecule has 0 radical (unpaired) electrons. The van der Waals surface area contributed by atoms with Gasteiger partial charge < -0.3 is 9.47 Å². The van der Waals surface area contributed by atoms with Gasteiger partial charge in [0.1, 0.15) is 17.2 Å². The van der Waals surface area contributed by atoms with E-state index in [4.69, 9.17) is 9.47 Å². The van der Waals surface area contributed by atoms with Crippen molar-refractivity contribution in [2.75, 3.05) is 0 Å². The summed E-state index contributed by atoms with van der Waals surface area (Å²) in [6.45, 7) is 9.17. The van der Waals surface area contributed by atoms with Crippen molar-refractivity contribution in [3.63, 3.8) is 0 Å². The van der Waals surface area contributed by atoms with Crippen molar-refractivity contribution in [1.29, 1.82) is 0 Å². The van der Waals surface area contributed by atoms with Crippen LogP contribution in [0.2, 0.25) is 0 Å². The summed E-state index contributed by atoms with van der Waals surface area (Å²) in [5, 5.41) is 0. The maximum atomic E-state index is 11.4. The molecule has 0 aromatic heterocycles. The summed E-state index contributed by atoms with van der Waals surface area (Å²) >= 11 is 0. The Hall–Kier alpha value is -2.55. The smallest absolute Gasteiger partial charge is 0.338 e. The molecule has 0 aliphatic heterocycles. The number of rotatable bonds is 4. The first kappa shape index (κ1) is 14.9. The number of ether oxygens (including phenoxy) is 2. The fraction of sp³-hybridized carbons (Fsp3) is 0.167. The number of carbonyl (C=O) groups excluding carboxylic acids is 1. The second-order valence-electron chi connectivity index (χ2n) is 4.96. The standard InChI is InChI=1S/C18H18O3/c1-12(2)18(19)21-16-10-8-15(9-11-16)20-17-13(3)6-5-7-14(17)4/h5-11H,1H2,2-4H3. The van der Waals surface area contributed by atoms with Crippen molar-refractivity contribution in [2.24, 2.45) is 0 Å². The molecule has 108 valence electrons. The molecule has 0 fully saturated rings. The molecule has 2 rings (SSSR count). The minimum Gasteiger partial charge on any atom is -0.457 e. The number of hydrogen-bond donors (Lipinski definition) is 0. The van der Waals surface area contributed by atoms with Crippen LogP contribution < -0.4 is 9.47 Å². The molecular weight excluding hydrogens is 264 g/mol. The van der Waals surface area contributed by atoms with Gasteiger partial charge in [-0.25, -0.2) is 4.79 Å². The molecule has 0 aliphatic carbocycles. The Labute approximate surface area is 124 Å². The highest BCUT2D eigenvalue weighted by Crippen LogP contribution is 2.29. The van der Waals surface area contributed by atoms with Gasteiger partial charge in [0.25, 0.3) is 0 Å². The third-order valence-corrected chi connectivity index (χ3v) is 3.01. The van der Waals surface area contributed by atoms with Crippen molar-refractivity contribution >= 4 is 5.97 Å². The van der Waals surface area contributed by atoms with Crippen LogP contribution in [0.3, 0.4) is 0 Å². The van der Waals surface area contributed by atoms with E-state index in [-0.39, 0.29) is 0 Å². The van der Waals surface area contributed by atoms with Gasteiger partial charge >= 0.3 is 5.97 Å². The monoisotopic (exact) mass is 282 g/mol. The van der Waals surface area contributed by atoms with Gasteiger partial charge in [-0.05, 0) is 56.2 Å². The Morgan fingerprint density at radius 3 is 2.00 bits per heavy atom. The van der Waals surface area contributed by atoms with E-state index in [1.54, 1.807) is 31.2 Å². The summed E-state index contributed by atoms with van der Waals surface area (Å²) in [6.07, 6.45) is 0. The first-order valence-electron chi connectivity index (χ1n) is 6.69. The molecule has 0 atom stereocenters. The summed E-state index contributed by atoms with van der Waals surface area (Å²) in [5.74, 6) is 1.59. The Kier molecular flexibility index (Phi) is 4.43. The van der Waals surface area contributed by atoms with E-state index in [1.807, 2.05) is 32.0 Å². The second-order valence-corrected chi connectivity index (χ2v) is 4.96. The van der Waals surface area contributed by atoms with Crippen LogP contribution in [-0.4, -0.2) is 5.97 Å². The van der Waals surface area contributed by atoms with Crippen LogP contribution >= 0.6 is 0 Å². The maximum absolute atomic E-state index is 11.4. The highest BCUT2D eigenvalue weighted by Gasteiger charge is 2.07. The van der Waals surface area contributed by atoms with Gasteiger partial charge in [-0.1, -0.05) is 24.8 Å². The number of carbonyl (C=O) groups is 1. The molecule has 21 heavy (non-hydrogen) atoms. The van der Waals surface area contributed by atoms with Gasteiger partial charge in [-0.15, -0.1) is 0 Å². The molecule has 0 bridgehead atoms. The second kappa shape index (κ2) is 6.27. The van der Waals surface area contributed by atoms with E-state index in [0.717, 1.165) is 16.9 Å². The van der Waals surface area contributed by atoms with Crippen molar-refractivity contribution < 1.29 is 14.3 Å². The first-order chi connectivity index (χ1) is 9.97. The zero-order chi connectivity index (χ0) is 15.4. The molecule has 2 aromatic rings. The summed E-state index contributed by atoms with van der Waals surface area (Å²) in [4.78, 5) is 11.4. The van der Waals surface area contributed by atoms with Gasteiger partial charge in [0.2, 0.25) is 0 Å². The van der Waals surface area contributed by atoms with E-state index in [1.165, 1.54) is 0 Å². The topological polar surface area (TPSA) is 35.5 Å². The lowest BCUT2D eigenvalue weighted by molar-refractivity contribution is -0.130. The van der Waals surface area contributed by atoms with Crippen molar-refractivity contribution in [1.82, 2.24) is 0 Å². The van der Waals surface area contributed by atoms with Crippen LogP contribution in [-0.2, 0) is 4.79 Å². The van der Waals surface area contributed by atoms with Gasteiger partial charge in [-0.3, -0.25) is 0 Å². The minimum absolute atomic E-state index is 0.367. The summed E-state index contributed by atoms with van der Waals surface area (Å²) in [5.41, 5.74) is 2.52. The Bertz CT molecular complexity index is 649. The molecule has 0 unspecified atom stereocenters. The third kappa shape index (κ3) is 3.72. The summed E-state index contributed by atoms with van der Waals surface area (Å²) < 4.78 is 11.0. The molecule has 0 saturated heterocycles. The fourth-order valence-corrected chi connectivity index (χ4v) is 1.85. The zero-order valence-corrected chi connectivity index (χ0v) is 12.5. The van der Waals surface area contributed by atoms with Crippen LogP contribution in [0.4, 0.5) is 0 Å². The van der Waals surface area contributed by atoms with Gasteiger partial charge in [0, 0.05) is 5.57 Å². The van der Waals surface area contributed by atoms with Gasteiger partial charge in [0.05, 0.1) is 0 Å². The van der Waals surface area contributed by atoms with E-state index in [2.05, 4.69) is 6.58 Å². The van der Waals surface area contributed by atoms with Crippen LogP contribution in [0.1, 0.15) is 18.1 Å². The van der Waals surface area contributed by atoms with Crippen LogP contribution in [0, 0.1) is 13.8 Å². The molecule has 0 saturated carbocycles. The Morgan fingerprint density at radius 2 is 1.48 bits per heavy atom. The van der Waals surface area contributed by atoms with E-state index in [0.29, 0.717) is 17.1 Å². The molecule has 2 aromatic carbocycles. The molecule has 0 heterocycles. The zero-order valence-electron chi connectivity index (χ0n) is 12.5. The van der Waals surface area contributed by atoms with Crippen molar-refractivity contribution in [3.8, 4) is 17.2 Å². The van der Waals surface area contributed by atoms with E-state index >= 15 is 0 Å². The predicted octanol–water partition coefficient (Wildman–Crippen LogP) is 4.58. The van der Waals surface area contributed by atoms with Crippen LogP contribution in [0.5, 0.6) is 17.2 Å². The van der Waals surface area contributed by atoms with Gasteiger partial charge in [-0.2, -0.15) is 0 Å². The van der Waals surface area contributed by atoms with E-state index < -0.39 is 5.97 Å². The highest BCUT2D eigenvalue weighted by atomic mass is 16.5. The summed E-state index contributed by atoms with van der Waals surface area (Å²) in [7, 11) is 0. The molecule has 0 spiro atoms. The maximum Gasteiger partial charge on any atom is 0.338 e. The minimum atomic E-state index is -0.432. The number of esters is 1. The van der Waals surface area contributed by atoms with Crippen LogP contribution in [0.15, 0.2) is 54.6 Å². The lowest BCUT2D eigenvalue weighted by atomic mass is 10.1. The Balaban J connectivity index is 2.13. The largest absolute Gasteiger partial charge is 0.457 e. The average Bonchev–Trinajstić information content (AvgIpc) is 2.44. The molecule has 0 N–H and O–H groups in total. The lowest BCUT2D eigenvalue weighted by Crippen LogP contribution is -2.07. The number of para-hydroxylation sites is 1. The normalized spacial score (nSPS) is 10.0. The first-order valence-corrected chi connectivity index (χ1v) is 6.69. The van der Waals surface area contributed by atoms with Crippen molar-refractivity contribution in [2.45, 2.75) is 20.8 Å². The molecule has 3 heteroatoms. The quantitative estimate of drug-likeness (QED) is 0.468. The molecule has 3 nitrogen and oxygen atoms in total. The van der Waals surface area contributed by atoms with E-state index in [9.17, 15) is 4.79 Å². The fourth-order valence-electron chi connectivity index (χ4n) is 1.85. The SMILES string of the molecule is C=C(C)C(=O)Oc1ccc(Oc2c(C)cccc2C)cc1. The summed E-state index contributed by atoms with van der Waals surface area (Å²) in [6, 6.07) is 12.9. The third-order valence-electron chi connectivity index (χ3n) is 3.01. The average molecular weight is 282 g/mol. The van der Waals surface area contributed by atoms with Crippen LogP contribution in [0.25, 0.3) is 0 Å². The highest BCUT2D eigenvalue weighted by molar-refractivity contribution is 5.88. The van der Waals surface area contributed by atoms with Crippen molar-refractivity contribution in [3.05, 3.63) is 65.7 Å². The molecule has 0 amide bonds. The number of benzene rings is 2. The number of aryl methyl sites for hydroxylation is 2. The molecule has 0 aliphatic rings. The Morgan fingerprint density at radius 1 is 0.952 bits per heavy atom. The number of hydrogen-bond acceptors (Lipinski definition) is 3.